The Morgan fingerprint density at radius 2 is 1.79 bits per heavy atom. The molecule has 0 unspecified atom stereocenters. The Balaban J connectivity index is 1.77. The van der Waals surface area contributed by atoms with E-state index in [1.165, 1.54) is 31.5 Å². The van der Waals surface area contributed by atoms with Gasteiger partial charge in [0.25, 0.3) is 0 Å². The van der Waals surface area contributed by atoms with Crippen molar-refractivity contribution in [1.29, 1.82) is 0 Å². The second kappa shape index (κ2) is 10.4. The Morgan fingerprint density at radius 3 is 2.46 bits per heavy atom. The average Bonchev–Trinajstić information content (AvgIpc) is 2.68. The van der Waals surface area contributed by atoms with E-state index in [1.807, 2.05) is 0 Å². The van der Waals surface area contributed by atoms with Gasteiger partial charge in [-0.15, -0.1) is 0 Å². The molecule has 146 valence electrons. The molecule has 0 spiro atoms. The van der Waals surface area contributed by atoms with Crippen LogP contribution in [0.1, 0.15) is 12.0 Å². The summed E-state index contributed by atoms with van der Waals surface area (Å²) in [4.78, 5) is 34.4. The highest BCUT2D eigenvalue weighted by Gasteiger charge is 2.10. The minimum Gasteiger partial charge on any atom is -0.482 e. The molecule has 0 fully saturated rings. The minimum atomic E-state index is -0.662. The third kappa shape index (κ3) is 6.87. The zero-order valence-corrected chi connectivity index (χ0v) is 15.0. The number of benzene rings is 2. The first-order valence-corrected chi connectivity index (χ1v) is 8.14. The molecule has 8 nitrogen and oxygen atoms in total. The molecule has 28 heavy (non-hydrogen) atoms. The number of carbonyl (C=O) groups is 3. The lowest BCUT2D eigenvalue weighted by Gasteiger charge is -2.05. The highest BCUT2D eigenvalue weighted by Crippen LogP contribution is 2.12. The number of amides is 2. The molecule has 0 aliphatic heterocycles. The number of carbonyl (C=O) groups excluding carboxylic acids is 3. The van der Waals surface area contributed by atoms with Crippen molar-refractivity contribution in [2.24, 2.45) is 5.10 Å². The summed E-state index contributed by atoms with van der Waals surface area (Å²) in [6.45, 7) is -0.199. The maximum absolute atomic E-state index is 13.4. The van der Waals surface area contributed by atoms with E-state index in [9.17, 15) is 18.8 Å². The van der Waals surface area contributed by atoms with Gasteiger partial charge in [0.1, 0.15) is 18.0 Å². The molecule has 0 radical (unpaired) electrons. The van der Waals surface area contributed by atoms with Crippen LogP contribution in [0.2, 0.25) is 0 Å². The summed E-state index contributed by atoms with van der Waals surface area (Å²) in [6.07, 6.45) is 0.864. The van der Waals surface area contributed by atoms with Gasteiger partial charge in [0.05, 0.1) is 19.0 Å². The van der Waals surface area contributed by atoms with E-state index in [4.69, 9.17) is 4.74 Å². The van der Waals surface area contributed by atoms with E-state index < -0.39 is 30.0 Å². The lowest BCUT2D eigenvalue weighted by atomic mass is 10.2. The Morgan fingerprint density at radius 1 is 1.07 bits per heavy atom. The van der Waals surface area contributed by atoms with Gasteiger partial charge in [-0.05, 0) is 42.0 Å². The maximum Gasteiger partial charge on any atom is 0.343 e. The number of nitrogens with one attached hydrogen (secondary N) is 2. The predicted molar refractivity (Wildman–Crippen MR) is 99.3 cm³/mol. The van der Waals surface area contributed by atoms with Crippen molar-refractivity contribution in [2.75, 3.05) is 19.0 Å². The van der Waals surface area contributed by atoms with Gasteiger partial charge in [0, 0.05) is 0 Å². The van der Waals surface area contributed by atoms with E-state index in [2.05, 4.69) is 20.6 Å². The van der Waals surface area contributed by atoms with Crippen molar-refractivity contribution >= 4 is 29.7 Å². The number of methoxy groups -OCH3 is 1. The molecule has 2 rings (SSSR count). The van der Waals surface area contributed by atoms with Crippen LogP contribution in [0, 0.1) is 5.82 Å². The van der Waals surface area contributed by atoms with Crippen molar-refractivity contribution in [3.63, 3.8) is 0 Å². The first-order chi connectivity index (χ1) is 13.5. The quantitative estimate of drug-likeness (QED) is 0.311. The van der Waals surface area contributed by atoms with E-state index >= 15 is 0 Å². The minimum absolute atomic E-state index is 0.00157. The van der Waals surface area contributed by atoms with Crippen LogP contribution in [-0.4, -0.2) is 37.7 Å². The summed E-state index contributed by atoms with van der Waals surface area (Å²) in [6, 6.07) is 12.2. The van der Waals surface area contributed by atoms with E-state index in [1.54, 1.807) is 30.3 Å². The number of hydrazone groups is 1. The number of esters is 1. The number of hydrogen-bond donors (Lipinski definition) is 2. The molecule has 2 aromatic rings. The number of nitrogens with zero attached hydrogens (tertiary/aromatic N) is 1. The van der Waals surface area contributed by atoms with Crippen LogP contribution < -0.4 is 15.5 Å². The van der Waals surface area contributed by atoms with Gasteiger partial charge in [-0.3, -0.25) is 9.59 Å². The van der Waals surface area contributed by atoms with E-state index in [-0.39, 0.29) is 12.3 Å². The fraction of sp³-hybridized carbons (Fsp3) is 0.158. The standard InChI is InChI=1S/C19H18FN3O5/c1-27-19(26)12-28-14-8-6-13(7-9-14)11-21-23-18(25)10-17(24)22-16-5-3-2-4-15(16)20/h2-9,11H,10,12H2,1H3,(H,22,24)(H,23,25). The SMILES string of the molecule is COC(=O)COc1ccc(C=NNC(=O)CC(=O)Nc2ccccc2F)cc1. The van der Waals surface area contributed by atoms with Crippen molar-refractivity contribution in [1.82, 2.24) is 5.43 Å². The Hall–Kier alpha value is -3.75. The van der Waals surface area contributed by atoms with Gasteiger partial charge in [-0.25, -0.2) is 14.6 Å². The highest BCUT2D eigenvalue weighted by molar-refractivity contribution is 6.03. The number of rotatable bonds is 8. The first kappa shape index (κ1) is 20.6. The molecule has 0 heterocycles. The molecule has 9 heteroatoms. The summed E-state index contributed by atoms with van der Waals surface area (Å²) in [5.41, 5.74) is 2.86. The van der Waals surface area contributed by atoms with Crippen LogP contribution in [-0.2, 0) is 19.1 Å². The summed E-state index contributed by atoms with van der Waals surface area (Å²) < 4.78 is 23.1. The third-order valence-corrected chi connectivity index (χ3v) is 3.34. The molecular weight excluding hydrogens is 369 g/mol. The number of para-hydroxylation sites is 1. The average molecular weight is 387 g/mol. The number of halogens is 1. The second-order valence-corrected chi connectivity index (χ2v) is 5.43. The van der Waals surface area contributed by atoms with Gasteiger partial charge >= 0.3 is 5.97 Å². The largest absolute Gasteiger partial charge is 0.482 e. The molecule has 0 aromatic heterocycles. The lowest BCUT2D eigenvalue weighted by molar-refractivity contribution is -0.143. The summed E-state index contributed by atoms with van der Waals surface area (Å²) >= 11 is 0. The third-order valence-electron chi connectivity index (χ3n) is 3.34. The maximum atomic E-state index is 13.4. The van der Waals surface area contributed by atoms with Crippen LogP contribution in [0.5, 0.6) is 5.75 Å². The van der Waals surface area contributed by atoms with Crippen LogP contribution in [0.4, 0.5) is 10.1 Å². The molecule has 2 aromatic carbocycles. The number of anilines is 1. The molecule has 2 N–H and O–H groups in total. The van der Waals surface area contributed by atoms with Crippen LogP contribution >= 0.6 is 0 Å². The fourth-order valence-corrected chi connectivity index (χ4v) is 1.97. The van der Waals surface area contributed by atoms with E-state index in [0.717, 1.165) is 0 Å². The van der Waals surface area contributed by atoms with Crippen molar-refractivity contribution in [2.45, 2.75) is 6.42 Å². The Labute approximate surface area is 160 Å². The van der Waals surface area contributed by atoms with Crippen molar-refractivity contribution in [3.8, 4) is 5.75 Å². The molecule has 0 aliphatic rings. The fourth-order valence-electron chi connectivity index (χ4n) is 1.97. The monoisotopic (exact) mass is 387 g/mol. The van der Waals surface area contributed by atoms with Crippen molar-refractivity contribution < 1.29 is 28.2 Å². The molecule has 0 saturated carbocycles. The van der Waals surface area contributed by atoms with Gasteiger partial charge in [-0.2, -0.15) is 5.10 Å². The zero-order chi connectivity index (χ0) is 20.4. The highest BCUT2D eigenvalue weighted by atomic mass is 19.1. The van der Waals surface area contributed by atoms with Crippen LogP contribution in [0.3, 0.4) is 0 Å². The smallest absolute Gasteiger partial charge is 0.343 e. The van der Waals surface area contributed by atoms with Gasteiger partial charge < -0.3 is 14.8 Å². The van der Waals surface area contributed by atoms with Crippen LogP contribution in [0.25, 0.3) is 0 Å². The van der Waals surface area contributed by atoms with Crippen molar-refractivity contribution in [3.05, 3.63) is 59.9 Å². The second-order valence-electron chi connectivity index (χ2n) is 5.43. The molecule has 0 aliphatic carbocycles. The summed E-state index contributed by atoms with van der Waals surface area (Å²) in [5.74, 6) is -1.93. The van der Waals surface area contributed by atoms with Gasteiger partial charge in [0.2, 0.25) is 11.8 Å². The number of hydrogen-bond acceptors (Lipinski definition) is 6. The number of ether oxygens (including phenoxy) is 2. The first-order valence-electron chi connectivity index (χ1n) is 8.14. The Kier molecular flexibility index (Phi) is 7.64. The summed E-state index contributed by atoms with van der Waals surface area (Å²) in [5, 5.41) is 6.05. The van der Waals surface area contributed by atoms with E-state index in [0.29, 0.717) is 11.3 Å². The van der Waals surface area contributed by atoms with Gasteiger partial charge in [-0.1, -0.05) is 12.1 Å². The summed E-state index contributed by atoms with van der Waals surface area (Å²) in [7, 11) is 1.27. The van der Waals surface area contributed by atoms with Gasteiger partial charge in [0.15, 0.2) is 6.61 Å². The predicted octanol–water partition coefficient (Wildman–Crippen LogP) is 1.86. The molecule has 0 atom stereocenters. The molecule has 0 saturated heterocycles. The molecule has 2 amide bonds. The molecular formula is C19H18FN3O5. The lowest BCUT2D eigenvalue weighted by Crippen LogP contribution is -2.24. The normalized spacial score (nSPS) is 10.4. The topological polar surface area (TPSA) is 106 Å². The molecule has 0 bridgehead atoms. The Bertz CT molecular complexity index is 868. The zero-order valence-electron chi connectivity index (χ0n) is 15.0. The van der Waals surface area contributed by atoms with Crippen LogP contribution in [0.15, 0.2) is 53.6 Å².